The van der Waals surface area contributed by atoms with Crippen molar-refractivity contribution in [3.8, 4) is 0 Å². The predicted molar refractivity (Wildman–Crippen MR) is 164 cm³/mol. The second-order valence-corrected chi connectivity index (χ2v) is 11.6. The molecule has 0 aromatic heterocycles. The third-order valence-corrected chi connectivity index (χ3v) is 6.42. The number of ether oxygens (including phenoxy) is 3. The number of nitrogens with one attached hydrogen (secondary N) is 2. The van der Waals surface area contributed by atoms with Crippen LogP contribution in [0, 0.1) is 11.3 Å². The lowest BCUT2D eigenvalue weighted by atomic mass is 9.86. The normalized spacial score (nSPS) is 19.2. The van der Waals surface area contributed by atoms with Crippen LogP contribution in [0.1, 0.15) is 67.7 Å². The Bertz CT molecular complexity index is 1060. The largest absolute Gasteiger partial charge is 0.490 e. The van der Waals surface area contributed by atoms with Crippen molar-refractivity contribution < 1.29 is 28.6 Å². The lowest BCUT2D eigenvalue weighted by Gasteiger charge is -2.29. The first-order valence-electron chi connectivity index (χ1n) is 14.0. The molecule has 0 aromatic rings. The number of cyclic esters (lactones) is 1. The maximum Gasteiger partial charge on any atom is 0.373 e. The van der Waals surface area contributed by atoms with E-state index >= 15 is 0 Å². The molecule has 1 aliphatic rings. The van der Waals surface area contributed by atoms with E-state index in [0.717, 1.165) is 5.57 Å². The van der Waals surface area contributed by atoms with Crippen LogP contribution in [0.15, 0.2) is 71.2 Å². The summed E-state index contributed by atoms with van der Waals surface area (Å²) in [5.74, 6) is -0.900. The minimum Gasteiger partial charge on any atom is -0.490 e. The zero-order chi connectivity index (χ0) is 31.0. The van der Waals surface area contributed by atoms with Crippen molar-refractivity contribution in [2.75, 3.05) is 13.7 Å². The van der Waals surface area contributed by atoms with Crippen molar-refractivity contribution in [2.24, 2.45) is 11.3 Å². The average Bonchev–Trinajstić information content (AvgIpc) is 2.89. The topological polar surface area (TPSA) is 103 Å². The second-order valence-electron chi connectivity index (χ2n) is 11.0. The number of rotatable bonds is 15. The van der Waals surface area contributed by atoms with Gasteiger partial charge in [-0.3, -0.25) is 9.59 Å². The number of hydrogen-bond acceptors (Lipinski definition) is 6. The molecular weight excluding hydrogens is 544 g/mol. The molecule has 2 N–H and O–H groups in total. The van der Waals surface area contributed by atoms with Crippen LogP contribution in [0.5, 0.6) is 0 Å². The first-order chi connectivity index (χ1) is 19.3. The zero-order valence-electron chi connectivity index (χ0n) is 25.7. The van der Waals surface area contributed by atoms with E-state index in [0.29, 0.717) is 30.9 Å². The summed E-state index contributed by atoms with van der Waals surface area (Å²) < 4.78 is 16.1. The summed E-state index contributed by atoms with van der Waals surface area (Å²) in [5.41, 5.74) is 0.449. The maximum atomic E-state index is 12.9. The Morgan fingerprint density at radius 3 is 2.46 bits per heavy atom. The molecule has 0 fully saturated rings. The highest BCUT2D eigenvalue weighted by atomic mass is 35.5. The van der Waals surface area contributed by atoms with Gasteiger partial charge in [0.1, 0.15) is 12.1 Å². The number of methoxy groups -OCH3 is 1. The van der Waals surface area contributed by atoms with Gasteiger partial charge in [0.05, 0.1) is 13.2 Å². The number of hydrogen-bond donors (Lipinski definition) is 2. The Hall–Kier alpha value is -3.10. The lowest BCUT2D eigenvalue weighted by molar-refractivity contribution is -0.151. The fourth-order valence-corrected chi connectivity index (χ4v) is 4.13. The molecule has 8 nitrogen and oxygen atoms in total. The maximum absolute atomic E-state index is 12.9. The Labute approximate surface area is 250 Å². The van der Waals surface area contributed by atoms with Crippen LogP contribution >= 0.6 is 11.6 Å². The van der Waals surface area contributed by atoms with Gasteiger partial charge in [-0.2, -0.15) is 0 Å². The molecule has 0 unspecified atom stereocenters. The highest BCUT2D eigenvalue weighted by molar-refractivity contribution is 6.29. The van der Waals surface area contributed by atoms with Gasteiger partial charge in [-0.25, -0.2) is 4.79 Å². The Balaban J connectivity index is 2.68. The third-order valence-electron chi connectivity index (χ3n) is 6.27. The van der Waals surface area contributed by atoms with Gasteiger partial charge in [0.2, 0.25) is 11.8 Å². The summed E-state index contributed by atoms with van der Waals surface area (Å²) in [6.07, 6.45) is 17.3. The monoisotopic (exact) mass is 590 g/mol. The number of carbonyl (C=O) groups excluding carboxylic acids is 3. The summed E-state index contributed by atoms with van der Waals surface area (Å²) in [4.78, 5) is 37.4. The minimum atomic E-state index is -0.744. The van der Waals surface area contributed by atoms with E-state index in [1.165, 1.54) is 13.2 Å². The number of esters is 1. The molecule has 1 heterocycles. The van der Waals surface area contributed by atoms with E-state index in [4.69, 9.17) is 25.8 Å². The molecular formula is C32H47ClN2O6. The molecule has 2 amide bonds. The summed E-state index contributed by atoms with van der Waals surface area (Å²) in [5, 5.41) is 6.29. The highest BCUT2D eigenvalue weighted by Gasteiger charge is 2.32. The first-order valence-corrected chi connectivity index (χ1v) is 14.3. The second kappa shape index (κ2) is 18.4. The standard InChI is InChI=1S/C32H47ClN2O6/c1-9-40-25(17-16-24(4)33)14-12-20-34-30(37)29(32(5,6)7)35-28(36)15-11-10-13-22(2)21-23(3)26-18-19-27(39-8)31(38)41-26/h10-13,15-16,19-21,23,25-26,29H,9,14,17-18H2,1-8H3,(H,34,37)(H,35,36)/b13-10-,15-11-,20-12-,22-21+,24-16+/t23-,25+,26-,29+/m0/s1. The molecule has 0 bridgehead atoms. The Kier molecular flexibility index (Phi) is 16.1. The Morgan fingerprint density at radius 2 is 1.88 bits per heavy atom. The van der Waals surface area contributed by atoms with Gasteiger partial charge in [-0.05, 0) is 51.3 Å². The van der Waals surface area contributed by atoms with Gasteiger partial charge in [-0.15, -0.1) is 0 Å². The number of amides is 2. The van der Waals surface area contributed by atoms with Crippen molar-refractivity contribution in [3.63, 3.8) is 0 Å². The van der Waals surface area contributed by atoms with Gasteiger partial charge in [0.25, 0.3) is 0 Å². The molecule has 228 valence electrons. The van der Waals surface area contributed by atoms with Crippen LogP contribution < -0.4 is 10.6 Å². The van der Waals surface area contributed by atoms with Crippen molar-refractivity contribution in [3.05, 3.63) is 71.2 Å². The molecule has 4 atom stereocenters. The highest BCUT2D eigenvalue weighted by Crippen LogP contribution is 2.23. The van der Waals surface area contributed by atoms with E-state index in [1.807, 2.05) is 72.8 Å². The molecule has 1 rings (SSSR count). The summed E-state index contributed by atoms with van der Waals surface area (Å²) in [6, 6.07) is -0.744. The van der Waals surface area contributed by atoms with Crippen LogP contribution in [-0.4, -0.2) is 49.8 Å². The van der Waals surface area contributed by atoms with Crippen molar-refractivity contribution in [2.45, 2.75) is 86.0 Å². The average molecular weight is 591 g/mol. The molecule has 0 saturated heterocycles. The van der Waals surface area contributed by atoms with Gasteiger partial charge in [0.15, 0.2) is 5.76 Å². The molecule has 41 heavy (non-hydrogen) atoms. The summed E-state index contributed by atoms with van der Waals surface area (Å²) >= 11 is 5.92. The number of allylic oxidation sites excluding steroid dienone is 5. The predicted octanol–water partition coefficient (Wildman–Crippen LogP) is 6.02. The Morgan fingerprint density at radius 1 is 1.20 bits per heavy atom. The van der Waals surface area contributed by atoms with Crippen molar-refractivity contribution in [1.82, 2.24) is 10.6 Å². The fourth-order valence-electron chi connectivity index (χ4n) is 4.04. The van der Waals surface area contributed by atoms with E-state index in [-0.39, 0.29) is 35.7 Å². The smallest absolute Gasteiger partial charge is 0.373 e. The fraction of sp³-hybridized carbons (Fsp3) is 0.531. The minimum absolute atomic E-state index is 0.00220. The van der Waals surface area contributed by atoms with Gasteiger partial charge in [-0.1, -0.05) is 81.3 Å². The third kappa shape index (κ3) is 14.4. The van der Waals surface area contributed by atoms with Crippen molar-refractivity contribution in [1.29, 1.82) is 0 Å². The summed E-state index contributed by atoms with van der Waals surface area (Å²) in [7, 11) is 1.44. The van der Waals surface area contributed by atoms with Gasteiger partial charge < -0.3 is 24.8 Å². The van der Waals surface area contributed by atoms with Crippen LogP contribution in [0.4, 0.5) is 0 Å². The molecule has 0 aromatic carbocycles. The van der Waals surface area contributed by atoms with E-state index in [2.05, 4.69) is 10.6 Å². The van der Waals surface area contributed by atoms with Crippen LogP contribution in [0.3, 0.4) is 0 Å². The molecule has 0 radical (unpaired) electrons. The van der Waals surface area contributed by atoms with E-state index < -0.39 is 17.4 Å². The van der Waals surface area contributed by atoms with E-state index in [1.54, 1.807) is 24.4 Å². The lowest BCUT2D eigenvalue weighted by Crippen LogP contribution is -2.52. The van der Waals surface area contributed by atoms with Crippen LogP contribution in [0.25, 0.3) is 0 Å². The first kappa shape index (κ1) is 35.9. The molecule has 1 aliphatic heterocycles. The van der Waals surface area contributed by atoms with Crippen LogP contribution in [-0.2, 0) is 28.6 Å². The number of halogens is 1. The molecule has 9 heteroatoms. The summed E-state index contributed by atoms with van der Waals surface area (Å²) in [6.45, 7) is 13.9. The van der Waals surface area contributed by atoms with Crippen molar-refractivity contribution >= 4 is 29.4 Å². The van der Waals surface area contributed by atoms with Gasteiger partial charge >= 0.3 is 5.97 Å². The molecule has 0 saturated carbocycles. The molecule has 0 aliphatic carbocycles. The molecule has 0 spiro atoms. The SMILES string of the molecule is CCO[C@H](C/C=C\NC(=O)[C@@H](NC(=O)\C=C/C=C\C(C)=C\[C@H](C)[C@@H]1CC=C(OC)C(=O)O1)C(C)(C)C)C/C=C(\C)Cl. The number of carbonyl (C=O) groups is 3. The quantitative estimate of drug-likeness (QED) is 0.137. The van der Waals surface area contributed by atoms with Crippen LogP contribution in [0.2, 0.25) is 0 Å². The van der Waals surface area contributed by atoms with E-state index in [9.17, 15) is 14.4 Å². The zero-order valence-corrected chi connectivity index (χ0v) is 26.4. The van der Waals surface area contributed by atoms with Gasteiger partial charge in [0, 0.05) is 30.1 Å².